The van der Waals surface area contributed by atoms with Gasteiger partial charge in [0.15, 0.2) is 0 Å². The fourth-order valence-electron chi connectivity index (χ4n) is 3.86. The smallest absolute Gasteiger partial charge is 0.330 e. The maximum Gasteiger partial charge on any atom is 0.330 e. The van der Waals surface area contributed by atoms with Crippen LogP contribution < -0.4 is 14.2 Å². The molecule has 9 nitrogen and oxygen atoms in total. The highest BCUT2D eigenvalue weighted by Crippen LogP contribution is 2.33. The number of carbonyl (C=O) groups excluding carboxylic acids is 3. The number of ether oxygens (including phenoxy) is 5. The highest BCUT2D eigenvalue weighted by atomic mass is 32.2. The van der Waals surface area contributed by atoms with Crippen molar-refractivity contribution < 1.29 is 38.1 Å². The summed E-state index contributed by atoms with van der Waals surface area (Å²) in [5, 5.41) is -0.126. The quantitative estimate of drug-likeness (QED) is 0.0400. The number of carbonyl (C=O) groups is 3. The van der Waals surface area contributed by atoms with Crippen LogP contribution in [-0.4, -0.2) is 56.8 Å². The minimum Gasteiger partial charge on any atom is -0.494 e. The first-order valence-corrected chi connectivity index (χ1v) is 15.9. The summed E-state index contributed by atoms with van der Waals surface area (Å²) < 4.78 is 26.9. The topological polar surface area (TPSA) is 110 Å². The average Bonchev–Trinajstić information content (AvgIpc) is 3.10. The van der Waals surface area contributed by atoms with Crippen LogP contribution in [0, 0.1) is 0 Å². The van der Waals surface area contributed by atoms with E-state index >= 15 is 0 Å². The fourth-order valence-corrected chi connectivity index (χ4v) is 4.53. The molecule has 0 atom stereocenters. The zero-order valence-corrected chi connectivity index (χ0v) is 27.2. The van der Waals surface area contributed by atoms with Crippen molar-refractivity contribution in [2.24, 2.45) is 4.99 Å². The molecular weight excluding hydrogens is 618 g/mol. The van der Waals surface area contributed by atoms with Gasteiger partial charge in [-0.15, -0.1) is 0 Å². The maximum atomic E-state index is 12.6. The predicted octanol–water partition coefficient (Wildman–Crippen LogP) is 7.55. The molecule has 0 N–H and O–H groups in total. The van der Waals surface area contributed by atoms with Crippen molar-refractivity contribution in [2.45, 2.75) is 30.6 Å². The molecule has 0 saturated heterocycles. The van der Waals surface area contributed by atoms with Crippen molar-refractivity contribution in [3.05, 3.63) is 109 Å². The van der Waals surface area contributed by atoms with Crippen molar-refractivity contribution in [3.8, 4) is 17.2 Å². The first-order valence-electron chi connectivity index (χ1n) is 15.1. The van der Waals surface area contributed by atoms with Crippen molar-refractivity contribution in [1.29, 1.82) is 0 Å². The van der Waals surface area contributed by atoms with Gasteiger partial charge in [0.05, 0.1) is 33.5 Å². The molecule has 47 heavy (non-hydrogen) atoms. The number of hydrogen-bond acceptors (Lipinski definition) is 10. The number of esters is 2. The van der Waals surface area contributed by atoms with Crippen LogP contribution in [0.5, 0.6) is 17.2 Å². The molecule has 0 unspecified atom stereocenters. The predicted molar refractivity (Wildman–Crippen MR) is 185 cm³/mol. The molecule has 0 aromatic heterocycles. The number of hydrogen-bond donors (Lipinski definition) is 0. The third-order valence-electron chi connectivity index (χ3n) is 6.33. The summed E-state index contributed by atoms with van der Waals surface area (Å²) in [5.41, 5.74) is 2.39. The second-order valence-electron chi connectivity index (χ2n) is 9.84. The van der Waals surface area contributed by atoms with Gasteiger partial charge in [-0.2, -0.15) is 0 Å². The number of nitrogens with zero attached hydrogens (tertiary/aromatic N) is 1. The van der Waals surface area contributed by atoms with Gasteiger partial charge in [-0.3, -0.25) is 9.79 Å². The van der Waals surface area contributed by atoms with Gasteiger partial charge in [-0.25, -0.2) is 9.59 Å². The first kappa shape index (κ1) is 36.4. The second-order valence-corrected chi connectivity index (χ2v) is 10.9. The Morgan fingerprint density at radius 2 is 1.26 bits per heavy atom. The van der Waals surface area contributed by atoms with E-state index in [-0.39, 0.29) is 5.12 Å². The highest BCUT2D eigenvalue weighted by molar-refractivity contribution is 8.14. The summed E-state index contributed by atoms with van der Waals surface area (Å²) in [4.78, 5) is 40.0. The van der Waals surface area contributed by atoms with Crippen LogP contribution in [0.15, 0.2) is 108 Å². The summed E-state index contributed by atoms with van der Waals surface area (Å²) in [6, 6.07) is 20.4. The summed E-state index contributed by atoms with van der Waals surface area (Å²) in [5.74, 6) is 1.17. The Labute approximate surface area is 279 Å². The maximum absolute atomic E-state index is 12.6. The normalized spacial score (nSPS) is 10.8. The van der Waals surface area contributed by atoms with E-state index in [1.807, 2.05) is 60.7 Å². The summed E-state index contributed by atoms with van der Waals surface area (Å²) in [6.07, 6.45) is 10.2. The number of unbranched alkanes of at least 4 members (excludes halogenated alkanes) is 2. The zero-order valence-electron chi connectivity index (χ0n) is 26.4. The molecule has 0 aliphatic carbocycles. The van der Waals surface area contributed by atoms with Gasteiger partial charge in [0.25, 0.3) is 0 Å². The lowest BCUT2D eigenvalue weighted by molar-refractivity contribution is -0.138. The highest BCUT2D eigenvalue weighted by Gasteiger charge is 2.07. The molecule has 246 valence electrons. The Hall–Kier alpha value is -5.09. The van der Waals surface area contributed by atoms with E-state index in [2.05, 4.69) is 18.2 Å². The molecule has 0 bridgehead atoms. The average molecular weight is 658 g/mol. The van der Waals surface area contributed by atoms with Crippen molar-refractivity contribution in [1.82, 2.24) is 0 Å². The van der Waals surface area contributed by atoms with Gasteiger partial charge >= 0.3 is 11.9 Å². The molecular formula is C37H39NO8S. The van der Waals surface area contributed by atoms with Crippen molar-refractivity contribution in [2.75, 3.05) is 33.5 Å². The van der Waals surface area contributed by atoms with E-state index in [9.17, 15) is 14.4 Å². The van der Waals surface area contributed by atoms with Crippen molar-refractivity contribution >= 4 is 46.8 Å². The molecule has 0 radical (unpaired) electrons. The molecule has 3 aromatic carbocycles. The lowest BCUT2D eigenvalue weighted by Gasteiger charge is -2.07. The molecule has 0 spiro atoms. The van der Waals surface area contributed by atoms with E-state index < -0.39 is 11.9 Å². The second kappa shape index (κ2) is 20.8. The van der Waals surface area contributed by atoms with Gasteiger partial charge < -0.3 is 23.7 Å². The van der Waals surface area contributed by atoms with Crippen LogP contribution >= 0.6 is 11.8 Å². The molecule has 0 fully saturated rings. The van der Waals surface area contributed by atoms with Crippen molar-refractivity contribution in [3.63, 3.8) is 0 Å². The Balaban J connectivity index is 1.42. The van der Waals surface area contributed by atoms with E-state index in [4.69, 9.17) is 23.7 Å². The standard InChI is InChI=1S/C37H39NO8S/c1-4-35(39)45-24-8-6-22-43-30-15-10-28(11-16-30)14-21-37(41)47-32-19-20-33(34(26-32)42-3)38-27-29-12-17-31(18-13-29)44-23-7-9-25-46-36(40)5-2/h4-5,10-21,26-27H,1-2,6-9,22-25H2,3H3/b21-14+,38-27?. The number of methoxy groups -OCH3 is 1. The lowest BCUT2D eigenvalue weighted by atomic mass is 10.2. The molecule has 0 aliphatic rings. The number of benzene rings is 3. The summed E-state index contributed by atoms with van der Waals surface area (Å²) in [6.45, 7) is 8.43. The largest absolute Gasteiger partial charge is 0.494 e. The van der Waals surface area contributed by atoms with E-state index in [1.54, 1.807) is 25.5 Å². The Morgan fingerprint density at radius 1 is 0.723 bits per heavy atom. The molecule has 0 saturated carbocycles. The van der Waals surface area contributed by atoms with E-state index in [1.165, 1.54) is 6.08 Å². The van der Waals surface area contributed by atoms with Crippen LogP contribution in [0.4, 0.5) is 5.69 Å². The van der Waals surface area contributed by atoms with E-state index in [0.717, 1.165) is 64.3 Å². The molecule has 0 amide bonds. The first-order chi connectivity index (χ1) is 22.9. The monoisotopic (exact) mass is 657 g/mol. The zero-order chi connectivity index (χ0) is 33.7. The minimum atomic E-state index is -0.423. The van der Waals surface area contributed by atoms with Crippen LogP contribution in [0.1, 0.15) is 36.8 Å². The summed E-state index contributed by atoms with van der Waals surface area (Å²) in [7, 11) is 1.56. The molecule has 10 heteroatoms. The Kier molecular flexibility index (Phi) is 16.1. The third kappa shape index (κ3) is 14.3. The van der Waals surface area contributed by atoms with Gasteiger partial charge in [-0.1, -0.05) is 31.4 Å². The third-order valence-corrected chi connectivity index (χ3v) is 7.16. The van der Waals surface area contributed by atoms with Gasteiger partial charge in [0, 0.05) is 23.3 Å². The van der Waals surface area contributed by atoms with Crippen LogP contribution in [0.3, 0.4) is 0 Å². The van der Waals surface area contributed by atoms with E-state index in [0.29, 0.717) is 50.7 Å². The van der Waals surface area contributed by atoms with Gasteiger partial charge in [0.1, 0.15) is 22.9 Å². The molecule has 0 heterocycles. The number of rotatable bonds is 20. The molecule has 3 aromatic rings. The summed E-state index contributed by atoms with van der Waals surface area (Å²) >= 11 is 1.10. The fraction of sp³-hybridized carbons (Fsp3) is 0.243. The van der Waals surface area contributed by atoms with Gasteiger partial charge in [0.2, 0.25) is 5.12 Å². The minimum absolute atomic E-state index is 0.126. The van der Waals surface area contributed by atoms with Crippen LogP contribution in [0.25, 0.3) is 6.08 Å². The number of thioether (sulfide) groups is 1. The van der Waals surface area contributed by atoms with Crippen LogP contribution in [-0.2, 0) is 23.9 Å². The lowest BCUT2D eigenvalue weighted by Crippen LogP contribution is -2.04. The SMILES string of the molecule is C=CC(=O)OCCCCOc1ccc(C=Nc2ccc(SC(=O)/C=C/c3ccc(OCCCCOC(=O)C=C)cc3)cc2OC)cc1. The Bertz CT molecular complexity index is 1530. The number of aliphatic imine (C=N–C) groups is 1. The molecule has 3 rings (SSSR count). The Morgan fingerprint density at radius 3 is 1.79 bits per heavy atom. The molecule has 0 aliphatic heterocycles. The van der Waals surface area contributed by atoms with Gasteiger partial charge in [-0.05, 0) is 109 Å². The van der Waals surface area contributed by atoms with Crippen LogP contribution in [0.2, 0.25) is 0 Å².